The standard InChI is InChI=1S/C14H21N5O/c1-14(2,3)19-12(20)6-7-16-13-17-10-5-4-9(15)8-11(10)18-13/h4-5,8H,6-7,15H2,1-3H3,(H,19,20)(H2,16,17,18). The summed E-state index contributed by atoms with van der Waals surface area (Å²) in [5.41, 5.74) is 7.93. The molecule has 0 aliphatic heterocycles. The number of hydrogen-bond donors (Lipinski definition) is 4. The van der Waals surface area contributed by atoms with Crippen molar-refractivity contribution in [2.45, 2.75) is 32.7 Å². The molecule has 6 heteroatoms. The molecule has 108 valence electrons. The van der Waals surface area contributed by atoms with E-state index in [1.807, 2.05) is 39.0 Å². The maximum Gasteiger partial charge on any atom is 0.222 e. The Balaban J connectivity index is 1.88. The quantitative estimate of drug-likeness (QED) is 0.640. The molecule has 0 aliphatic rings. The van der Waals surface area contributed by atoms with Crippen LogP contribution in [0.1, 0.15) is 27.2 Å². The minimum Gasteiger partial charge on any atom is -0.399 e. The van der Waals surface area contributed by atoms with Crippen molar-refractivity contribution >= 4 is 28.6 Å². The average molecular weight is 275 g/mol. The fourth-order valence-corrected chi connectivity index (χ4v) is 1.89. The summed E-state index contributed by atoms with van der Waals surface area (Å²) in [5.74, 6) is 0.666. The lowest BCUT2D eigenvalue weighted by atomic mass is 10.1. The van der Waals surface area contributed by atoms with E-state index in [9.17, 15) is 4.79 Å². The Kier molecular flexibility index (Phi) is 3.83. The van der Waals surface area contributed by atoms with Gasteiger partial charge in [-0.2, -0.15) is 0 Å². The molecule has 20 heavy (non-hydrogen) atoms. The highest BCUT2D eigenvalue weighted by molar-refractivity contribution is 5.81. The van der Waals surface area contributed by atoms with Gasteiger partial charge in [-0.1, -0.05) is 0 Å². The van der Waals surface area contributed by atoms with Gasteiger partial charge in [0.25, 0.3) is 0 Å². The van der Waals surface area contributed by atoms with Gasteiger partial charge in [0.15, 0.2) is 0 Å². The zero-order valence-electron chi connectivity index (χ0n) is 12.1. The Morgan fingerprint density at radius 3 is 2.85 bits per heavy atom. The van der Waals surface area contributed by atoms with Gasteiger partial charge >= 0.3 is 0 Å². The smallest absolute Gasteiger partial charge is 0.222 e. The molecule has 1 heterocycles. The van der Waals surface area contributed by atoms with Crippen LogP contribution >= 0.6 is 0 Å². The van der Waals surface area contributed by atoms with E-state index in [-0.39, 0.29) is 11.4 Å². The van der Waals surface area contributed by atoms with Gasteiger partial charge in [0, 0.05) is 24.2 Å². The number of H-pyrrole nitrogens is 1. The van der Waals surface area contributed by atoms with Crippen LogP contribution in [0.3, 0.4) is 0 Å². The van der Waals surface area contributed by atoms with Crippen LogP contribution in [0.4, 0.5) is 11.6 Å². The van der Waals surface area contributed by atoms with Crippen LogP contribution in [0.2, 0.25) is 0 Å². The summed E-state index contributed by atoms with van der Waals surface area (Å²) < 4.78 is 0. The second-order valence-electron chi connectivity index (χ2n) is 5.84. The van der Waals surface area contributed by atoms with Crippen molar-refractivity contribution in [3.05, 3.63) is 18.2 Å². The third-order valence-electron chi connectivity index (χ3n) is 2.66. The molecule has 2 aromatic rings. The molecule has 1 aromatic carbocycles. The summed E-state index contributed by atoms with van der Waals surface area (Å²) >= 11 is 0. The zero-order chi connectivity index (χ0) is 14.8. The van der Waals surface area contributed by atoms with Crippen molar-refractivity contribution in [2.75, 3.05) is 17.6 Å². The average Bonchev–Trinajstić information content (AvgIpc) is 2.68. The van der Waals surface area contributed by atoms with Crippen LogP contribution in [0.15, 0.2) is 18.2 Å². The summed E-state index contributed by atoms with van der Waals surface area (Å²) in [4.78, 5) is 19.2. The molecule has 0 atom stereocenters. The van der Waals surface area contributed by atoms with Crippen molar-refractivity contribution in [3.63, 3.8) is 0 Å². The number of aromatic amines is 1. The summed E-state index contributed by atoms with van der Waals surface area (Å²) in [6.07, 6.45) is 0.399. The van der Waals surface area contributed by atoms with E-state index < -0.39 is 0 Å². The van der Waals surface area contributed by atoms with Gasteiger partial charge in [0.05, 0.1) is 11.0 Å². The molecule has 1 aromatic heterocycles. The van der Waals surface area contributed by atoms with Gasteiger partial charge in [0.1, 0.15) is 0 Å². The molecule has 0 spiro atoms. The zero-order valence-corrected chi connectivity index (χ0v) is 12.1. The number of nitrogens with two attached hydrogens (primary N) is 1. The van der Waals surface area contributed by atoms with Crippen LogP contribution in [-0.2, 0) is 4.79 Å². The summed E-state index contributed by atoms with van der Waals surface area (Å²) in [6.45, 7) is 6.41. The molecule has 0 fully saturated rings. The monoisotopic (exact) mass is 275 g/mol. The minimum absolute atomic E-state index is 0.0188. The molecule has 0 saturated carbocycles. The minimum atomic E-state index is -0.200. The van der Waals surface area contributed by atoms with Crippen LogP contribution in [0.5, 0.6) is 0 Å². The lowest BCUT2D eigenvalue weighted by Crippen LogP contribution is -2.41. The number of fused-ring (bicyclic) bond motifs is 1. The number of rotatable bonds is 4. The van der Waals surface area contributed by atoms with E-state index in [4.69, 9.17) is 5.73 Å². The predicted octanol–water partition coefficient (Wildman–Crippen LogP) is 1.86. The number of anilines is 2. The maximum absolute atomic E-state index is 11.7. The summed E-state index contributed by atoms with van der Waals surface area (Å²) in [7, 11) is 0. The van der Waals surface area contributed by atoms with Gasteiger partial charge < -0.3 is 21.4 Å². The lowest BCUT2D eigenvalue weighted by Gasteiger charge is -2.20. The molecule has 6 nitrogen and oxygen atoms in total. The van der Waals surface area contributed by atoms with Crippen LogP contribution in [0.25, 0.3) is 11.0 Å². The highest BCUT2D eigenvalue weighted by atomic mass is 16.1. The number of nitrogen functional groups attached to an aromatic ring is 1. The van der Waals surface area contributed by atoms with Crippen LogP contribution < -0.4 is 16.4 Å². The number of carbonyl (C=O) groups is 1. The number of carbonyl (C=O) groups excluding carboxylic acids is 1. The molecule has 2 rings (SSSR count). The number of hydrogen-bond acceptors (Lipinski definition) is 4. The van der Waals surface area contributed by atoms with E-state index in [2.05, 4.69) is 20.6 Å². The fraction of sp³-hybridized carbons (Fsp3) is 0.429. The first-order valence-corrected chi connectivity index (χ1v) is 6.64. The highest BCUT2D eigenvalue weighted by Gasteiger charge is 2.13. The first-order chi connectivity index (χ1) is 9.33. The van der Waals surface area contributed by atoms with E-state index in [1.165, 1.54) is 0 Å². The topological polar surface area (TPSA) is 95.8 Å². The molecule has 0 aliphatic carbocycles. The van der Waals surface area contributed by atoms with Gasteiger partial charge in [-0.25, -0.2) is 4.98 Å². The number of nitrogens with zero attached hydrogens (tertiary/aromatic N) is 1. The number of benzene rings is 1. The van der Waals surface area contributed by atoms with Crippen molar-refractivity contribution in [1.82, 2.24) is 15.3 Å². The first-order valence-electron chi connectivity index (χ1n) is 6.64. The van der Waals surface area contributed by atoms with Gasteiger partial charge in [-0.15, -0.1) is 0 Å². The highest BCUT2D eigenvalue weighted by Crippen LogP contribution is 2.16. The van der Waals surface area contributed by atoms with E-state index >= 15 is 0 Å². The molecule has 0 radical (unpaired) electrons. The van der Waals surface area contributed by atoms with E-state index in [1.54, 1.807) is 0 Å². The Bertz CT molecular complexity index is 612. The molecule has 1 amide bonds. The second-order valence-corrected chi connectivity index (χ2v) is 5.84. The van der Waals surface area contributed by atoms with Gasteiger partial charge in [0.2, 0.25) is 11.9 Å². The maximum atomic E-state index is 11.7. The molecule has 5 N–H and O–H groups in total. The van der Waals surface area contributed by atoms with Gasteiger partial charge in [-0.05, 0) is 39.0 Å². The van der Waals surface area contributed by atoms with E-state index in [0.717, 1.165) is 11.0 Å². The lowest BCUT2D eigenvalue weighted by molar-refractivity contribution is -0.122. The van der Waals surface area contributed by atoms with E-state index in [0.29, 0.717) is 24.6 Å². The second kappa shape index (κ2) is 5.40. The molecule has 0 saturated heterocycles. The summed E-state index contributed by atoms with van der Waals surface area (Å²) in [6, 6.07) is 5.50. The van der Waals surface area contributed by atoms with Crippen molar-refractivity contribution in [1.29, 1.82) is 0 Å². The third-order valence-corrected chi connectivity index (χ3v) is 2.66. The Labute approximate surface area is 118 Å². The first kappa shape index (κ1) is 14.2. The number of amides is 1. The largest absolute Gasteiger partial charge is 0.399 e. The van der Waals surface area contributed by atoms with Crippen LogP contribution in [-0.4, -0.2) is 28.0 Å². The third kappa shape index (κ3) is 3.88. The number of aromatic nitrogens is 2. The van der Waals surface area contributed by atoms with Crippen LogP contribution in [0, 0.1) is 0 Å². The number of imidazole rings is 1. The SMILES string of the molecule is CC(C)(C)NC(=O)CCNc1nc2ccc(N)cc2[nH]1. The summed E-state index contributed by atoms with van der Waals surface area (Å²) in [5, 5.41) is 6.02. The molecular weight excluding hydrogens is 254 g/mol. The van der Waals surface area contributed by atoms with Crippen molar-refractivity contribution in [2.24, 2.45) is 0 Å². The Morgan fingerprint density at radius 2 is 2.15 bits per heavy atom. The van der Waals surface area contributed by atoms with Gasteiger partial charge in [-0.3, -0.25) is 4.79 Å². The number of nitrogens with one attached hydrogen (secondary N) is 3. The van der Waals surface area contributed by atoms with Crippen molar-refractivity contribution in [3.8, 4) is 0 Å². The molecule has 0 unspecified atom stereocenters. The normalized spacial score (nSPS) is 11.6. The molecule has 0 bridgehead atoms. The van der Waals surface area contributed by atoms with Crippen molar-refractivity contribution < 1.29 is 4.79 Å². The Hall–Kier alpha value is -2.24. The fourth-order valence-electron chi connectivity index (χ4n) is 1.89. The molecular formula is C14H21N5O. The Morgan fingerprint density at radius 1 is 1.40 bits per heavy atom. The predicted molar refractivity (Wildman–Crippen MR) is 81.5 cm³/mol.